The first-order valence-corrected chi connectivity index (χ1v) is 11.6. The van der Waals surface area contributed by atoms with Gasteiger partial charge in [0, 0.05) is 25.2 Å². The maximum Gasteiger partial charge on any atom is 0.224 e. The molecule has 1 saturated heterocycles. The normalized spacial score (nSPS) is 15.8. The molecule has 1 amide bonds. The van der Waals surface area contributed by atoms with Crippen LogP contribution in [0, 0.1) is 0 Å². The molecule has 4 rings (SSSR count). The van der Waals surface area contributed by atoms with Crippen molar-refractivity contribution in [3.05, 3.63) is 47.3 Å². The van der Waals surface area contributed by atoms with Crippen molar-refractivity contribution in [1.29, 1.82) is 0 Å². The molecule has 1 atom stereocenters. The summed E-state index contributed by atoms with van der Waals surface area (Å²) in [5.41, 5.74) is 1.94. The molecule has 164 valence electrons. The van der Waals surface area contributed by atoms with Gasteiger partial charge in [0.2, 0.25) is 5.91 Å². The molecule has 1 aliphatic heterocycles. The second-order valence-corrected chi connectivity index (χ2v) is 8.39. The molecule has 0 bridgehead atoms. The number of rotatable bonds is 9. The van der Waals surface area contributed by atoms with E-state index in [2.05, 4.69) is 37.9 Å². The number of hydrogen-bond donors (Lipinski definition) is 2. The van der Waals surface area contributed by atoms with Crippen molar-refractivity contribution in [3.8, 4) is 22.1 Å². The number of hydrogen-bond acceptors (Lipinski definition) is 6. The Morgan fingerprint density at radius 2 is 2.06 bits per heavy atom. The molecule has 1 aliphatic rings. The second kappa shape index (κ2) is 9.87. The highest BCUT2D eigenvalue weighted by molar-refractivity contribution is 7.13. The third kappa shape index (κ3) is 5.19. The summed E-state index contributed by atoms with van der Waals surface area (Å²) in [6.07, 6.45) is 1.22. The Labute approximate surface area is 186 Å². The Kier molecular flexibility index (Phi) is 6.76. The molecule has 7 nitrogen and oxygen atoms in total. The number of carbonyl (C=O) groups is 1. The van der Waals surface area contributed by atoms with Crippen molar-refractivity contribution in [2.75, 3.05) is 31.2 Å². The van der Waals surface area contributed by atoms with Crippen LogP contribution in [0.2, 0.25) is 0 Å². The van der Waals surface area contributed by atoms with Crippen LogP contribution in [-0.4, -0.2) is 48.4 Å². The van der Waals surface area contributed by atoms with Crippen LogP contribution in [0.25, 0.3) is 10.6 Å². The Morgan fingerprint density at radius 1 is 1.23 bits per heavy atom. The molecule has 1 unspecified atom stereocenters. The molecule has 1 aromatic carbocycles. The zero-order valence-electron chi connectivity index (χ0n) is 17.9. The number of ether oxygens (including phenoxy) is 2. The molecule has 0 saturated carbocycles. The summed E-state index contributed by atoms with van der Waals surface area (Å²) in [5, 5.41) is 12.8. The van der Waals surface area contributed by atoms with E-state index in [9.17, 15) is 4.79 Å². The molecule has 31 heavy (non-hydrogen) atoms. The standard InChI is InChI=1S/C23H28N4O3S/c1-3-29-19-8-7-16(12-20(19)30-4-2)13-23(28)24-17-9-10-27(15-17)22-14-18(25-26-22)21-6-5-11-31-21/h5-8,11-12,14,17H,3-4,9-10,13,15H2,1-2H3,(H,24,28)(H,25,26). The summed E-state index contributed by atoms with van der Waals surface area (Å²) in [6.45, 7) is 6.63. The van der Waals surface area contributed by atoms with Gasteiger partial charge in [-0.3, -0.25) is 9.89 Å². The van der Waals surface area contributed by atoms with E-state index >= 15 is 0 Å². The van der Waals surface area contributed by atoms with Crippen molar-refractivity contribution >= 4 is 23.1 Å². The van der Waals surface area contributed by atoms with Crippen molar-refractivity contribution in [3.63, 3.8) is 0 Å². The van der Waals surface area contributed by atoms with Crippen molar-refractivity contribution in [2.24, 2.45) is 0 Å². The molecule has 2 N–H and O–H groups in total. The van der Waals surface area contributed by atoms with Gasteiger partial charge in [-0.2, -0.15) is 5.10 Å². The molecule has 0 aliphatic carbocycles. The van der Waals surface area contributed by atoms with Crippen LogP contribution in [0.5, 0.6) is 11.5 Å². The van der Waals surface area contributed by atoms with E-state index < -0.39 is 0 Å². The zero-order valence-corrected chi connectivity index (χ0v) is 18.7. The van der Waals surface area contributed by atoms with E-state index in [0.29, 0.717) is 31.1 Å². The van der Waals surface area contributed by atoms with Crippen molar-refractivity contribution in [2.45, 2.75) is 32.7 Å². The lowest BCUT2D eigenvalue weighted by atomic mass is 10.1. The van der Waals surface area contributed by atoms with Gasteiger partial charge in [-0.25, -0.2) is 0 Å². The molecule has 3 heterocycles. The number of H-pyrrole nitrogens is 1. The molecular weight excluding hydrogens is 412 g/mol. The van der Waals surface area contributed by atoms with Gasteiger partial charge in [-0.15, -0.1) is 11.3 Å². The summed E-state index contributed by atoms with van der Waals surface area (Å²) < 4.78 is 11.3. The lowest BCUT2D eigenvalue weighted by molar-refractivity contribution is -0.121. The van der Waals surface area contributed by atoms with E-state index in [1.165, 1.54) is 4.88 Å². The lowest BCUT2D eigenvalue weighted by Crippen LogP contribution is -2.38. The van der Waals surface area contributed by atoms with Gasteiger partial charge in [-0.1, -0.05) is 12.1 Å². The molecular formula is C23H28N4O3S. The number of aromatic nitrogens is 2. The zero-order chi connectivity index (χ0) is 21.6. The predicted octanol–water partition coefficient (Wildman–Crippen LogP) is 3.87. The van der Waals surface area contributed by atoms with Crippen molar-refractivity contribution < 1.29 is 14.3 Å². The van der Waals surface area contributed by atoms with Gasteiger partial charge in [0.05, 0.1) is 30.2 Å². The smallest absolute Gasteiger partial charge is 0.224 e. The Bertz CT molecular complexity index is 1000. The topological polar surface area (TPSA) is 79.5 Å². The summed E-state index contributed by atoms with van der Waals surface area (Å²) in [4.78, 5) is 16.0. The van der Waals surface area contributed by atoms with Crippen LogP contribution < -0.4 is 19.7 Å². The molecule has 0 spiro atoms. The van der Waals surface area contributed by atoms with Gasteiger partial charge < -0.3 is 19.7 Å². The highest BCUT2D eigenvalue weighted by Crippen LogP contribution is 2.29. The average Bonchev–Trinajstić information content (AvgIpc) is 3.51. The van der Waals surface area contributed by atoms with Gasteiger partial charge in [0.1, 0.15) is 0 Å². The number of nitrogens with zero attached hydrogens (tertiary/aromatic N) is 2. The van der Waals surface area contributed by atoms with E-state index in [-0.39, 0.29) is 11.9 Å². The van der Waals surface area contributed by atoms with Crippen LogP contribution in [0.15, 0.2) is 41.8 Å². The Hall–Kier alpha value is -3.00. The Balaban J connectivity index is 1.32. The summed E-state index contributed by atoms with van der Waals surface area (Å²) in [7, 11) is 0. The van der Waals surface area contributed by atoms with Crippen molar-refractivity contribution in [1.82, 2.24) is 15.5 Å². The number of amides is 1. The molecule has 8 heteroatoms. The molecule has 3 aromatic rings. The van der Waals surface area contributed by atoms with Gasteiger partial charge in [0.15, 0.2) is 17.3 Å². The van der Waals surface area contributed by atoms with E-state index in [0.717, 1.165) is 36.6 Å². The maximum absolute atomic E-state index is 12.6. The maximum atomic E-state index is 12.6. The highest BCUT2D eigenvalue weighted by Gasteiger charge is 2.26. The summed E-state index contributed by atoms with van der Waals surface area (Å²) >= 11 is 1.69. The van der Waals surface area contributed by atoms with Crippen LogP contribution in [0.4, 0.5) is 5.82 Å². The lowest BCUT2D eigenvalue weighted by Gasteiger charge is -2.16. The second-order valence-electron chi connectivity index (χ2n) is 7.44. The monoisotopic (exact) mass is 440 g/mol. The highest BCUT2D eigenvalue weighted by atomic mass is 32.1. The minimum Gasteiger partial charge on any atom is -0.490 e. The SMILES string of the molecule is CCOc1ccc(CC(=O)NC2CCN(c3cc(-c4cccs4)[nH]n3)C2)cc1OCC. The molecule has 2 aromatic heterocycles. The molecule has 1 fully saturated rings. The summed E-state index contributed by atoms with van der Waals surface area (Å²) in [6, 6.07) is 12.0. The quantitative estimate of drug-likeness (QED) is 0.528. The van der Waals surface area contributed by atoms with Crippen LogP contribution in [0.1, 0.15) is 25.8 Å². The van der Waals surface area contributed by atoms with Crippen LogP contribution >= 0.6 is 11.3 Å². The number of thiophene rings is 1. The fourth-order valence-electron chi connectivity index (χ4n) is 3.79. The number of nitrogens with one attached hydrogen (secondary N) is 2. The Morgan fingerprint density at radius 3 is 2.84 bits per heavy atom. The number of benzene rings is 1. The first kappa shape index (κ1) is 21.2. The van der Waals surface area contributed by atoms with Crippen LogP contribution in [0.3, 0.4) is 0 Å². The number of carbonyl (C=O) groups excluding carboxylic acids is 1. The first-order valence-electron chi connectivity index (χ1n) is 10.7. The first-order chi connectivity index (χ1) is 15.2. The predicted molar refractivity (Wildman–Crippen MR) is 123 cm³/mol. The number of anilines is 1. The van der Waals surface area contributed by atoms with E-state index in [1.54, 1.807) is 11.3 Å². The van der Waals surface area contributed by atoms with Crippen LogP contribution in [-0.2, 0) is 11.2 Å². The fraction of sp³-hybridized carbons (Fsp3) is 0.391. The third-order valence-corrected chi connectivity index (χ3v) is 6.10. The fourth-order valence-corrected chi connectivity index (χ4v) is 4.48. The number of aromatic amines is 1. The van der Waals surface area contributed by atoms with Gasteiger partial charge in [0.25, 0.3) is 0 Å². The molecule has 0 radical (unpaired) electrons. The summed E-state index contributed by atoms with van der Waals surface area (Å²) in [5.74, 6) is 2.33. The average molecular weight is 441 g/mol. The van der Waals surface area contributed by atoms with Gasteiger partial charge in [-0.05, 0) is 49.4 Å². The van der Waals surface area contributed by atoms with E-state index in [4.69, 9.17) is 9.47 Å². The minimum absolute atomic E-state index is 0.0137. The van der Waals surface area contributed by atoms with Gasteiger partial charge >= 0.3 is 0 Å². The largest absolute Gasteiger partial charge is 0.490 e. The third-order valence-electron chi connectivity index (χ3n) is 5.20. The minimum atomic E-state index is 0.0137. The van der Waals surface area contributed by atoms with E-state index in [1.807, 2.05) is 38.1 Å².